The summed E-state index contributed by atoms with van der Waals surface area (Å²) in [5.41, 5.74) is 10.6. The molecule has 2 heteroatoms. The van der Waals surface area contributed by atoms with Crippen LogP contribution in [0, 0.1) is 0 Å². The largest absolute Gasteiger partial charge is 0.393 e. The van der Waals surface area contributed by atoms with E-state index in [0.717, 1.165) is 32.2 Å². The van der Waals surface area contributed by atoms with Crippen LogP contribution in [-0.2, 0) is 0 Å². The van der Waals surface area contributed by atoms with Gasteiger partial charge in [-0.05, 0) is 22.8 Å². The summed E-state index contributed by atoms with van der Waals surface area (Å²) in [5, 5.41) is 0.812. The maximum atomic E-state index is 6.30. The summed E-state index contributed by atoms with van der Waals surface area (Å²) >= 11 is 1.60. The average molecular weight is 277 g/mol. The van der Waals surface area contributed by atoms with Crippen molar-refractivity contribution in [1.29, 1.82) is 0 Å². The van der Waals surface area contributed by atoms with Crippen LogP contribution in [-0.4, -0.2) is 0 Å². The number of hydrogen-bond acceptors (Lipinski definition) is 2. The van der Waals surface area contributed by atoms with Crippen molar-refractivity contribution in [2.45, 2.75) is 4.90 Å². The van der Waals surface area contributed by atoms with Crippen molar-refractivity contribution < 1.29 is 0 Å². The van der Waals surface area contributed by atoms with E-state index in [1.54, 1.807) is 11.8 Å². The summed E-state index contributed by atoms with van der Waals surface area (Å²) in [7, 11) is 0. The van der Waals surface area contributed by atoms with Crippen molar-refractivity contribution in [1.82, 2.24) is 0 Å². The van der Waals surface area contributed by atoms with Crippen LogP contribution in [0.25, 0.3) is 11.1 Å². The minimum absolute atomic E-state index is 0.812. The van der Waals surface area contributed by atoms with Crippen LogP contribution in [0.2, 0.25) is 0 Å². The van der Waals surface area contributed by atoms with Gasteiger partial charge in [0.15, 0.2) is 0 Å². The summed E-state index contributed by atoms with van der Waals surface area (Å²) in [4.78, 5) is 1.15. The topological polar surface area (TPSA) is 26.0 Å². The minimum Gasteiger partial charge on any atom is -0.393 e. The van der Waals surface area contributed by atoms with Gasteiger partial charge >= 0.3 is 0 Å². The maximum absolute atomic E-state index is 6.30. The first-order chi connectivity index (χ1) is 9.75. The SMILES string of the molecule is C=C1/C=C\C(c2ccccc2)=C(\N)Sc2ccccc21. The molecule has 0 bridgehead atoms. The Kier molecular flexibility index (Phi) is 3.48. The molecule has 2 N–H and O–H groups in total. The highest BCUT2D eigenvalue weighted by molar-refractivity contribution is 8.03. The Morgan fingerprint density at radius 3 is 2.35 bits per heavy atom. The molecule has 98 valence electrons. The van der Waals surface area contributed by atoms with E-state index in [9.17, 15) is 0 Å². The second-order valence-electron chi connectivity index (χ2n) is 4.60. The lowest BCUT2D eigenvalue weighted by atomic mass is 10.0. The van der Waals surface area contributed by atoms with Gasteiger partial charge in [0.05, 0.1) is 5.03 Å². The molecule has 0 radical (unpaired) electrons. The van der Waals surface area contributed by atoms with Gasteiger partial charge < -0.3 is 5.73 Å². The Hall–Kier alpha value is -2.19. The lowest BCUT2D eigenvalue weighted by Gasteiger charge is -2.15. The van der Waals surface area contributed by atoms with Gasteiger partial charge in [0.25, 0.3) is 0 Å². The molecule has 20 heavy (non-hydrogen) atoms. The van der Waals surface area contributed by atoms with Crippen molar-refractivity contribution in [2.24, 2.45) is 5.73 Å². The summed E-state index contributed by atoms with van der Waals surface area (Å²) in [5.74, 6) is 0. The number of fused-ring (bicyclic) bond motifs is 1. The van der Waals surface area contributed by atoms with Crippen LogP contribution >= 0.6 is 11.8 Å². The molecular formula is C18H15NS. The highest BCUT2D eigenvalue weighted by Crippen LogP contribution is 2.37. The smallest absolute Gasteiger partial charge is 0.0783 e. The van der Waals surface area contributed by atoms with Crippen LogP contribution in [0.1, 0.15) is 11.1 Å². The Bertz CT molecular complexity index is 711. The number of thioether (sulfide) groups is 1. The van der Waals surface area contributed by atoms with E-state index in [1.807, 2.05) is 36.4 Å². The molecule has 0 amide bonds. The van der Waals surface area contributed by atoms with Gasteiger partial charge in [-0.1, -0.05) is 79.0 Å². The van der Waals surface area contributed by atoms with Crippen LogP contribution < -0.4 is 5.73 Å². The van der Waals surface area contributed by atoms with Crippen molar-refractivity contribution in [3.8, 4) is 0 Å². The van der Waals surface area contributed by atoms with Gasteiger partial charge in [-0.15, -0.1) is 0 Å². The predicted octanol–water partition coefficient (Wildman–Crippen LogP) is 4.69. The molecule has 1 aliphatic heterocycles. The van der Waals surface area contributed by atoms with Gasteiger partial charge in [-0.25, -0.2) is 0 Å². The van der Waals surface area contributed by atoms with Crippen LogP contribution in [0.15, 0.2) is 83.3 Å². The zero-order chi connectivity index (χ0) is 13.9. The van der Waals surface area contributed by atoms with Crippen LogP contribution in [0.3, 0.4) is 0 Å². The van der Waals surface area contributed by atoms with Crippen LogP contribution in [0.5, 0.6) is 0 Å². The predicted molar refractivity (Wildman–Crippen MR) is 88.0 cm³/mol. The third-order valence-corrected chi connectivity index (χ3v) is 4.27. The fourth-order valence-corrected chi connectivity index (χ4v) is 3.19. The number of allylic oxidation sites excluding steroid dienone is 4. The molecular weight excluding hydrogens is 262 g/mol. The number of nitrogens with two attached hydrogens (primary N) is 1. The van der Waals surface area contributed by atoms with Crippen molar-refractivity contribution >= 4 is 22.9 Å². The van der Waals surface area contributed by atoms with Gasteiger partial charge in [-0.2, -0.15) is 0 Å². The molecule has 0 unspecified atom stereocenters. The lowest BCUT2D eigenvalue weighted by Crippen LogP contribution is -2.00. The quantitative estimate of drug-likeness (QED) is 0.818. The number of rotatable bonds is 1. The van der Waals surface area contributed by atoms with E-state index in [-0.39, 0.29) is 0 Å². The van der Waals surface area contributed by atoms with Crippen molar-refractivity contribution in [3.05, 3.63) is 89.5 Å². The molecule has 0 aromatic heterocycles. The number of benzene rings is 2. The van der Waals surface area contributed by atoms with Crippen LogP contribution in [0.4, 0.5) is 0 Å². The molecule has 0 saturated heterocycles. The van der Waals surface area contributed by atoms with E-state index in [0.29, 0.717) is 0 Å². The monoisotopic (exact) mass is 277 g/mol. The van der Waals surface area contributed by atoms with E-state index in [1.165, 1.54) is 0 Å². The molecule has 1 heterocycles. The zero-order valence-electron chi connectivity index (χ0n) is 11.0. The lowest BCUT2D eigenvalue weighted by molar-refractivity contribution is 1.39. The molecule has 3 rings (SSSR count). The van der Waals surface area contributed by atoms with Gasteiger partial charge in [0.2, 0.25) is 0 Å². The third kappa shape index (κ3) is 2.43. The molecule has 0 atom stereocenters. The Morgan fingerprint density at radius 1 is 0.850 bits per heavy atom. The minimum atomic E-state index is 0.812. The molecule has 0 fully saturated rings. The Morgan fingerprint density at radius 2 is 1.55 bits per heavy atom. The molecule has 2 aromatic rings. The second-order valence-corrected chi connectivity index (χ2v) is 5.68. The normalized spacial score (nSPS) is 19.9. The van der Waals surface area contributed by atoms with Crippen molar-refractivity contribution in [3.63, 3.8) is 0 Å². The molecule has 1 aliphatic rings. The summed E-state index contributed by atoms with van der Waals surface area (Å²) in [6.45, 7) is 4.15. The Labute approximate surface area is 123 Å². The van der Waals surface area contributed by atoms with Gasteiger partial charge in [0.1, 0.15) is 0 Å². The fraction of sp³-hybridized carbons (Fsp3) is 0. The molecule has 0 spiro atoms. The standard InChI is InChI=1S/C18H15NS/c1-13-11-12-16(14-7-3-2-4-8-14)18(19)20-17-10-6-5-9-15(13)17/h2-12H,1,19H2/b12-11-,18-16+. The molecule has 0 saturated carbocycles. The molecule has 1 nitrogen and oxygen atoms in total. The average Bonchev–Trinajstić information content (AvgIpc) is 2.47. The highest BCUT2D eigenvalue weighted by atomic mass is 32.2. The molecule has 2 aromatic carbocycles. The van der Waals surface area contributed by atoms with E-state index >= 15 is 0 Å². The zero-order valence-corrected chi connectivity index (χ0v) is 11.9. The Balaban J connectivity index is 2.13. The first kappa shape index (κ1) is 12.8. The van der Waals surface area contributed by atoms with Gasteiger partial charge in [0, 0.05) is 10.5 Å². The first-order valence-electron chi connectivity index (χ1n) is 6.45. The van der Waals surface area contributed by atoms with Gasteiger partial charge in [-0.3, -0.25) is 0 Å². The van der Waals surface area contributed by atoms with E-state index < -0.39 is 0 Å². The summed E-state index contributed by atoms with van der Waals surface area (Å²) < 4.78 is 0. The maximum Gasteiger partial charge on any atom is 0.0783 e. The summed E-state index contributed by atoms with van der Waals surface area (Å²) in [6.07, 6.45) is 4.09. The van der Waals surface area contributed by atoms with E-state index in [4.69, 9.17) is 5.73 Å². The fourth-order valence-electron chi connectivity index (χ4n) is 2.21. The second kappa shape index (κ2) is 5.43. The first-order valence-corrected chi connectivity index (χ1v) is 7.27. The third-order valence-electron chi connectivity index (χ3n) is 3.25. The highest BCUT2D eigenvalue weighted by Gasteiger charge is 2.12. The molecule has 0 aliphatic carbocycles. The van der Waals surface area contributed by atoms with E-state index in [2.05, 4.69) is 36.9 Å². The number of hydrogen-bond donors (Lipinski definition) is 1. The summed E-state index contributed by atoms with van der Waals surface area (Å²) in [6, 6.07) is 18.4. The van der Waals surface area contributed by atoms with Crippen molar-refractivity contribution in [2.75, 3.05) is 0 Å².